The van der Waals surface area contributed by atoms with Crippen molar-refractivity contribution in [2.75, 3.05) is 11.5 Å². The highest BCUT2D eigenvalue weighted by molar-refractivity contribution is 5.99. The van der Waals surface area contributed by atoms with E-state index in [9.17, 15) is 4.79 Å². The number of benzene rings is 2. The van der Waals surface area contributed by atoms with Crippen LogP contribution < -0.4 is 16.8 Å². The Hall–Kier alpha value is -3.54. The van der Waals surface area contributed by atoms with E-state index >= 15 is 0 Å². The molecule has 0 radical (unpaired) electrons. The number of hydrogen-bond donors (Lipinski definition) is 3. The second kappa shape index (κ2) is 7.61. The third kappa shape index (κ3) is 3.38. The van der Waals surface area contributed by atoms with Gasteiger partial charge in [0.1, 0.15) is 11.6 Å². The van der Waals surface area contributed by atoms with Gasteiger partial charge in [-0.1, -0.05) is 12.1 Å². The van der Waals surface area contributed by atoms with Gasteiger partial charge in [0.2, 0.25) is 0 Å². The standard InChI is InChI=1S/C25H27N5O/c1-2-30-21-6-4-3-5-19(21)20-12-16(8-10-22(20)30)25(31)28-14-15-7-9-18-17(11-15)13-23(26)29-24(18)27/h7-13H,2-6,14H2,1H3,(H,28,31)(H4,26,27,29). The molecule has 0 atom stereocenters. The first-order chi connectivity index (χ1) is 15.0. The van der Waals surface area contributed by atoms with Crippen molar-refractivity contribution in [1.82, 2.24) is 14.9 Å². The van der Waals surface area contributed by atoms with Crippen molar-refractivity contribution in [2.45, 2.75) is 45.7 Å². The van der Waals surface area contributed by atoms with Crippen LogP contribution in [-0.4, -0.2) is 15.5 Å². The fourth-order valence-electron chi connectivity index (χ4n) is 4.89. The number of rotatable bonds is 4. The third-order valence-electron chi connectivity index (χ3n) is 6.35. The van der Waals surface area contributed by atoms with Crippen LogP contribution in [0.1, 0.15) is 46.9 Å². The fourth-order valence-corrected chi connectivity index (χ4v) is 4.89. The molecule has 0 bridgehead atoms. The third-order valence-corrected chi connectivity index (χ3v) is 6.35. The van der Waals surface area contributed by atoms with Crippen LogP contribution in [0.2, 0.25) is 0 Å². The van der Waals surface area contributed by atoms with Crippen molar-refractivity contribution in [1.29, 1.82) is 0 Å². The molecule has 6 nitrogen and oxygen atoms in total. The molecule has 2 heterocycles. The summed E-state index contributed by atoms with van der Waals surface area (Å²) in [4.78, 5) is 17.0. The van der Waals surface area contributed by atoms with Gasteiger partial charge in [-0.2, -0.15) is 0 Å². The molecule has 158 valence electrons. The first-order valence-electron chi connectivity index (χ1n) is 10.9. The maximum atomic E-state index is 12.9. The molecule has 1 aliphatic rings. The van der Waals surface area contributed by atoms with E-state index in [-0.39, 0.29) is 5.91 Å². The van der Waals surface area contributed by atoms with Crippen LogP contribution >= 0.6 is 0 Å². The molecule has 6 heteroatoms. The van der Waals surface area contributed by atoms with Gasteiger partial charge in [-0.15, -0.1) is 0 Å². The summed E-state index contributed by atoms with van der Waals surface area (Å²) in [5.74, 6) is 0.743. The van der Waals surface area contributed by atoms with Crippen LogP contribution in [0, 0.1) is 0 Å². The lowest BCUT2D eigenvalue weighted by atomic mass is 9.95. The van der Waals surface area contributed by atoms with Crippen LogP contribution in [0.4, 0.5) is 11.6 Å². The molecule has 5 N–H and O–H groups in total. The van der Waals surface area contributed by atoms with Crippen molar-refractivity contribution < 1.29 is 4.79 Å². The molecule has 2 aromatic carbocycles. The number of aromatic nitrogens is 2. The predicted molar refractivity (Wildman–Crippen MR) is 126 cm³/mol. The van der Waals surface area contributed by atoms with E-state index in [1.54, 1.807) is 6.07 Å². The van der Waals surface area contributed by atoms with Crippen LogP contribution in [0.5, 0.6) is 0 Å². The summed E-state index contributed by atoms with van der Waals surface area (Å²) < 4.78 is 2.41. The van der Waals surface area contributed by atoms with E-state index in [0.717, 1.165) is 35.7 Å². The zero-order chi connectivity index (χ0) is 21.5. The van der Waals surface area contributed by atoms with Gasteiger partial charge >= 0.3 is 0 Å². The van der Waals surface area contributed by atoms with Crippen molar-refractivity contribution >= 4 is 39.2 Å². The van der Waals surface area contributed by atoms with Gasteiger partial charge in [0.15, 0.2) is 0 Å². The summed E-state index contributed by atoms with van der Waals surface area (Å²) in [6.07, 6.45) is 4.70. The number of aryl methyl sites for hydroxylation is 2. The highest BCUT2D eigenvalue weighted by Crippen LogP contribution is 2.33. The van der Waals surface area contributed by atoms with E-state index < -0.39 is 0 Å². The highest BCUT2D eigenvalue weighted by atomic mass is 16.1. The number of nitrogens with one attached hydrogen (secondary N) is 1. The molecule has 0 spiro atoms. The average Bonchev–Trinajstić information content (AvgIpc) is 3.10. The van der Waals surface area contributed by atoms with Gasteiger partial charge in [-0.3, -0.25) is 4.79 Å². The zero-order valence-electron chi connectivity index (χ0n) is 17.7. The number of fused-ring (bicyclic) bond motifs is 4. The molecule has 0 saturated carbocycles. The Morgan fingerprint density at radius 3 is 2.74 bits per heavy atom. The molecule has 0 unspecified atom stereocenters. The maximum absolute atomic E-state index is 12.9. The smallest absolute Gasteiger partial charge is 0.251 e. The van der Waals surface area contributed by atoms with Gasteiger partial charge in [-0.25, -0.2) is 4.98 Å². The van der Waals surface area contributed by atoms with E-state index in [2.05, 4.69) is 33.9 Å². The topological polar surface area (TPSA) is 99.0 Å². The molecule has 1 aliphatic carbocycles. The zero-order valence-corrected chi connectivity index (χ0v) is 17.7. The summed E-state index contributed by atoms with van der Waals surface area (Å²) in [6, 6.07) is 13.8. The Bertz CT molecular complexity index is 1320. The number of amides is 1. The number of anilines is 2. The van der Waals surface area contributed by atoms with Crippen molar-refractivity contribution in [3.63, 3.8) is 0 Å². The van der Waals surface area contributed by atoms with Crippen molar-refractivity contribution in [3.05, 3.63) is 64.8 Å². The van der Waals surface area contributed by atoms with E-state index in [1.807, 2.05) is 24.3 Å². The summed E-state index contributed by atoms with van der Waals surface area (Å²) >= 11 is 0. The van der Waals surface area contributed by atoms with Crippen molar-refractivity contribution in [2.24, 2.45) is 0 Å². The van der Waals surface area contributed by atoms with E-state index in [1.165, 1.54) is 35.0 Å². The monoisotopic (exact) mass is 413 g/mol. The second-order valence-electron chi connectivity index (χ2n) is 8.28. The quantitative estimate of drug-likeness (QED) is 0.467. The van der Waals surface area contributed by atoms with Gasteiger partial charge < -0.3 is 21.4 Å². The highest BCUT2D eigenvalue weighted by Gasteiger charge is 2.20. The van der Waals surface area contributed by atoms with Gasteiger partial charge in [0.05, 0.1) is 0 Å². The van der Waals surface area contributed by atoms with Gasteiger partial charge in [-0.05, 0) is 79.5 Å². The first kappa shape index (κ1) is 19.4. The molecule has 5 rings (SSSR count). The summed E-state index contributed by atoms with van der Waals surface area (Å²) in [5, 5.41) is 6.06. The lowest BCUT2D eigenvalue weighted by molar-refractivity contribution is 0.0951. The van der Waals surface area contributed by atoms with Crippen molar-refractivity contribution in [3.8, 4) is 0 Å². The minimum absolute atomic E-state index is 0.0652. The van der Waals surface area contributed by atoms with Crippen LogP contribution in [0.25, 0.3) is 21.7 Å². The van der Waals surface area contributed by atoms with Crippen LogP contribution in [-0.2, 0) is 25.9 Å². The van der Waals surface area contributed by atoms with Crippen LogP contribution in [0.3, 0.4) is 0 Å². The summed E-state index contributed by atoms with van der Waals surface area (Å²) in [7, 11) is 0. The normalized spacial score (nSPS) is 13.5. The molecule has 0 fully saturated rings. The minimum atomic E-state index is -0.0652. The number of nitrogens with two attached hydrogens (primary N) is 2. The SMILES string of the molecule is CCn1c2c(c3cc(C(=O)NCc4ccc5c(N)nc(N)cc5c4)ccc31)CCCC2. The largest absolute Gasteiger partial charge is 0.384 e. The average molecular weight is 414 g/mol. The molecule has 0 aliphatic heterocycles. The van der Waals surface area contributed by atoms with Gasteiger partial charge in [0.25, 0.3) is 5.91 Å². The fraction of sp³-hybridized carbons (Fsp3) is 0.280. The Balaban J connectivity index is 1.40. The van der Waals surface area contributed by atoms with Gasteiger partial charge in [0, 0.05) is 40.6 Å². The number of nitrogens with zero attached hydrogens (tertiary/aromatic N) is 2. The molecule has 2 aromatic heterocycles. The Labute approximate surface area is 181 Å². The lowest BCUT2D eigenvalue weighted by Gasteiger charge is -2.14. The summed E-state index contributed by atoms with van der Waals surface area (Å²) in [6.45, 7) is 3.59. The summed E-state index contributed by atoms with van der Waals surface area (Å²) in [5.41, 5.74) is 17.6. The maximum Gasteiger partial charge on any atom is 0.251 e. The Morgan fingerprint density at radius 1 is 1.06 bits per heavy atom. The molecular formula is C25H27N5O. The minimum Gasteiger partial charge on any atom is -0.384 e. The molecular weight excluding hydrogens is 386 g/mol. The van der Waals surface area contributed by atoms with Crippen LogP contribution in [0.15, 0.2) is 42.5 Å². The molecule has 1 amide bonds. The molecule has 0 saturated heterocycles. The number of hydrogen-bond acceptors (Lipinski definition) is 4. The molecule has 4 aromatic rings. The lowest BCUT2D eigenvalue weighted by Crippen LogP contribution is -2.22. The number of pyridine rings is 1. The Kier molecular flexibility index (Phi) is 4.77. The predicted octanol–water partition coefficient (Wildman–Crippen LogP) is 4.18. The number of carbonyl (C=O) groups excluding carboxylic acids is 1. The molecule has 31 heavy (non-hydrogen) atoms. The van der Waals surface area contributed by atoms with E-state index in [0.29, 0.717) is 23.7 Å². The Morgan fingerprint density at radius 2 is 1.90 bits per heavy atom. The number of carbonyl (C=O) groups is 1. The first-order valence-corrected chi connectivity index (χ1v) is 10.9. The van der Waals surface area contributed by atoms with E-state index in [4.69, 9.17) is 11.5 Å². The second-order valence-corrected chi connectivity index (χ2v) is 8.28. The number of nitrogen functional groups attached to an aromatic ring is 2.